The van der Waals surface area contributed by atoms with Gasteiger partial charge in [0.15, 0.2) is 15.5 Å². The first kappa shape index (κ1) is 23.0. The van der Waals surface area contributed by atoms with Gasteiger partial charge in [-0.05, 0) is 24.6 Å². The van der Waals surface area contributed by atoms with Crippen molar-refractivity contribution < 1.29 is 26.4 Å². The Balaban J connectivity index is 1.37. The van der Waals surface area contributed by atoms with Crippen LogP contribution in [0.15, 0.2) is 30.5 Å². The van der Waals surface area contributed by atoms with E-state index >= 15 is 0 Å². The molecule has 0 unspecified atom stereocenters. The van der Waals surface area contributed by atoms with E-state index in [-0.39, 0.29) is 41.1 Å². The fourth-order valence-electron chi connectivity index (χ4n) is 4.91. The number of likely N-dealkylation sites (tertiary alicyclic amines) is 1. The Labute approximate surface area is 204 Å². The molecule has 3 aliphatic rings. The van der Waals surface area contributed by atoms with Crippen LogP contribution >= 0.6 is 0 Å². The average molecular weight is 522 g/mol. The van der Waals surface area contributed by atoms with Crippen molar-refractivity contribution in [2.45, 2.75) is 31.1 Å². The van der Waals surface area contributed by atoms with Crippen molar-refractivity contribution in [1.82, 2.24) is 24.6 Å². The van der Waals surface area contributed by atoms with Gasteiger partial charge in [0.05, 0.1) is 46.4 Å². The van der Waals surface area contributed by atoms with Gasteiger partial charge in [0.1, 0.15) is 5.82 Å². The molecule has 1 N–H and O–H groups in total. The monoisotopic (exact) mass is 521 g/mol. The zero-order valence-corrected chi connectivity index (χ0v) is 19.8. The number of aromatic nitrogens is 4. The van der Waals surface area contributed by atoms with Gasteiger partial charge in [0.25, 0.3) is 0 Å². The molecular weight excluding hydrogens is 499 g/mol. The summed E-state index contributed by atoms with van der Waals surface area (Å²) in [7, 11) is -3.08. The number of amides is 1. The van der Waals surface area contributed by atoms with Crippen LogP contribution in [0.2, 0.25) is 0 Å². The van der Waals surface area contributed by atoms with Crippen LogP contribution in [0.25, 0.3) is 16.7 Å². The number of benzene rings is 1. The SMILES string of the molecule is O=C1CCCN1C1CN(c2nc(NC3CS(=O)(=O)C3)nc3c2cnn3-c2cccc(C(F)(F)F)c2)C1. The minimum atomic E-state index is -4.51. The number of hydrogen-bond donors (Lipinski definition) is 1. The van der Waals surface area contributed by atoms with Crippen molar-refractivity contribution >= 4 is 38.5 Å². The van der Waals surface area contributed by atoms with Gasteiger partial charge in [-0.1, -0.05) is 6.07 Å². The van der Waals surface area contributed by atoms with Gasteiger partial charge in [-0.3, -0.25) is 4.79 Å². The molecule has 1 amide bonds. The fourth-order valence-corrected chi connectivity index (χ4v) is 6.21. The van der Waals surface area contributed by atoms with E-state index in [9.17, 15) is 26.4 Å². The van der Waals surface area contributed by atoms with Crippen LogP contribution < -0.4 is 10.2 Å². The Kier molecular flexibility index (Phi) is 5.14. The highest BCUT2D eigenvalue weighted by Crippen LogP contribution is 2.34. The number of anilines is 2. The third kappa shape index (κ3) is 4.02. The van der Waals surface area contributed by atoms with E-state index in [1.807, 2.05) is 9.80 Å². The minimum absolute atomic E-state index is 0.0422. The Morgan fingerprint density at radius 2 is 1.89 bits per heavy atom. The largest absolute Gasteiger partial charge is 0.416 e. The van der Waals surface area contributed by atoms with Crippen molar-refractivity contribution in [1.29, 1.82) is 0 Å². The van der Waals surface area contributed by atoms with Crippen molar-refractivity contribution in [2.75, 3.05) is 41.4 Å². The van der Waals surface area contributed by atoms with Crippen LogP contribution in [0.3, 0.4) is 0 Å². The Hall–Kier alpha value is -3.42. The third-order valence-electron chi connectivity index (χ3n) is 6.78. The maximum Gasteiger partial charge on any atom is 0.416 e. The van der Waals surface area contributed by atoms with Gasteiger partial charge in [-0.2, -0.15) is 28.2 Å². The molecule has 190 valence electrons. The number of carbonyl (C=O) groups is 1. The van der Waals surface area contributed by atoms with Crippen LogP contribution in [0, 0.1) is 0 Å². The fraction of sp³-hybridized carbons (Fsp3) is 0.455. The number of alkyl halides is 3. The summed E-state index contributed by atoms with van der Waals surface area (Å²) in [4.78, 5) is 25.1. The minimum Gasteiger partial charge on any atom is -0.352 e. The van der Waals surface area contributed by atoms with Crippen LogP contribution in [0.1, 0.15) is 18.4 Å². The van der Waals surface area contributed by atoms with Crippen molar-refractivity contribution in [3.8, 4) is 5.69 Å². The number of fused-ring (bicyclic) bond motifs is 1. The highest BCUT2D eigenvalue weighted by Gasteiger charge is 2.39. The number of rotatable bonds is 5. The lowest BCUT2D eigenvalue weighted by Crippen LogP contribution is -2.60. The molecule has 10 nitrogen and oxygen atoms in total. The molecule has 3 fully saturated rings. The number of hydrogen-bond acceptors (Lipinski definition) is 8. The predicted octanol–water partition coefficient (Wildman–Crippen LogP) is 1.85. The Morgan fingerprint density at radius 3 is 2.56 bits per heavy atom. The summed E-state index contributed by atoms with van der Waals surface area (Å²) in [5.74, 6) is 0.759. The van der Waals surface area contributed by atoms with E-state index in [0.29, 0.717) is 36.4 Å². The normalized spacial score (nSPS) is 20.6. The highest BCUT2D eigenvalue weighted by molar-refractivity contribution is 7.92. The maximum atomic E-state index is 13.3. The molecule has 0 spiro atoms. The summed E-state index contributed by atoms with van der Waals surface area (Å²) in [6.45, 7) is 1.85. The lowest BCUT2D eigenvalue weighted by Gasteiger charge is -2.44. The Bertz CT molecular complexity index is 1460. The number of halogens is 3. The van der Waals surface area contributed by atoms with E-state index in [0.717, 1.165) is 25.1 Å². The molecule has 1 aromatic carbocycles. The quantitative estimate of drug-likeness (QED) is 0.542. The van der Waals surface area contributed by atoms with E-state index in [4.69, 9.17) is 0 Å². The molecule has 3 aliphatic heterocycles. The van der Waals surface area contributed by atoms with Crippen LogP contribution in [0.5, 0.6) is 0 Å². The summed E-state index contributed by atoms with van der Waals surface area (Å²) in [6, 6.07) is 4.51. The smallest absolute Gasteiger partial charge is 0.352 e. The lowest BCUT2D eigenvalue weighted by molar-refractivity contribution is -0.137. The second-order valence-corrected chi connectivity index (χ2v) is 11.5. The molecular formula is C22H22F3N7O3S. The van der Waals surface area contributed by atoms with Crippen LogP contribution in [-0.4, -0.2) is 82.2 Å². The van der Waals surface area contributed by atoms with Gasteiger partial charge >= 0.3 is 6.18 Å². The van der Waals surface area contributed by atoms with Crippen molar-refractivity contribution in [3.05, 3.63) is 36.0 Å². The average Bonchev–Trinajstić information content (AvgIpc) is 3.37. The number of carbonyl (C=O) groups excluding carboxylic acids is 1. The van der Waals surface area contributed by atoms with Gasteiger partial charge in [-0.25, -0.2) is 13.1 Å². The van der Waals surface area contributed by atoms with E-state index < -0.39 is 21.6 Å². The summed E-state index contributed by atoms with van der Waals surface area (Å²) >= 11 is 0. The van der Waals surface area contributed by atoms with Crippen molar-refractivity contribution in [2.24, 2.45) is 0 Å². The highest BCUT2D eigenvalue weighted by atomic mass is 32.2. The first-order valence-corrected chi connectivity index (χ1v) is 13.3. The molecule has 3 aromatic rings. The predicted molar refractivity (Wildman–Crippen MR) is 125 cm³/mol. The second-order valence-electron chi connectivity index (χ2n) is 9.38. The molecule has 36 heavy (non-hydrogen) atoms. The molecule has 3 saturated heterocycles. The van der Waals surface area contributed by atoms with E-state index in [1.165, 1.54) is 23.0 Å². The maximum absolute atomic E-state index is 13.3. The molecule has 0 bridgehead atoms. The summed E-state index contributed by atoms with van der Waals surface area (Å²) < 4.78 is 64.4. The molecule has 0 saturated carbocycles. The molecule has 2 aromatic heterocycles. The Morgan fingerprint density at radius 1 is 1.11 bits per heavy atom. The zero-order valence-electron chi connectivity index (χ0n) is 18.9. The van der Waals surface area contributed by atoms with Crippen LogP contribution in [0.4, 0.5) is 24.9 Å². The van der Waals surface area contributed by atoms with Gasteiger partial charge in [0, 0.05) is 26.1 Å². The van der Waals surface area contributed by atoms with E-state index in [2.05, 4.69) is 20.4 Å². The number of sulfone groups is 1. The summed E-state index contributed by atoms with van der Waals surface area (Å²) in [5.41, 5.74) is -0.327. The van der Waals surface area contributed by atoms with Crippen molar-refractivity contribution in [3.63, 3.8) is 0 Å². The first-order chi connectivity index (χ1) is 17.1. The molecule has 5 heterocycles. The lowest BCUT2D eigenvalue weighted by atomic mass is 10.1. The molecule has 0 atom stereocenters. The van der Waals surface area contributed by atoms with Gasteiger partial charge in [0.2, 0.25) is 11.9 Å². The standard InChI is InChI=1S/C22H22F3N7O3S/c23-22(24,25)13-3-1-4-15(7-13)32-20-17(8-26-32)19(28-21(29-20)27-14-11-36(34,35)12-14)30-9-16(10-30)31-6-2-5-18(31)33/h1,3-4,7-8,14,16H,2,5-6,9-12H2,(H,27,28,29). The number of nitrogens with one attached hydrogen (secondary N) is 1. The number of nitrogens with zero attached hydrogens (tertiary/aromatic N) is 6. The molecule has 0 aliphatic carbocycles. The van der Waals surface area contributed by atoms with Gasteiger partial charge < -0.3 is 15.1 Å². The summed E-state index contributed by atoms with van der Waals surface area (Å²) in [5, 5.41) is 7.89. The molecule has 0 radical (unpaired) electrons. The third-order valence-corrected chi connectivity index (χ3v) is 8.60. The zero-order chi connectivity index (χ0) is 25.2. The molecule has 14 heteroatoms. The second kappa shape index (κ2) is 8.05. The summed E-state index contributed by atoms with van der Waals surface area (Å²) in [6.07, 6.45) is -1.61. The van der Waals surface area contributed by atoms with Crippen LogP contribution in [-0.2, 0) is 20.8 Å². The van der Waals surface area contributed by atoms with E-state index in [1.54, 1.807) is 0 Å². The molecule has 6 rings (SSSR count). The van der Waals surface area contributed by atoms with Gasteiger partial charge in [-0.15, -0.1) is 0 Å². The first-order valence-electron chi connectivity index (χ1n) is 11.5. The topological polar surface area (TPSA) is 113 Å².